The molecule has 0 amide bonds. The van der Waals surface area contributed by atoms with Crippen LogP contribution in [0.2, 0.25) is 0 Å². The van der Waals surface area contributed by atoms with Crippen molar-refractivity contribution in [3.63, 3.8) is 0 Å². The van der Waals surface area contributed by atoms with Gasteiger partial charge in [-0.05, 0) is 12.8 Å². The molecule has 0 N–H and O–H groups in total. The quantitative estimate of drug-likeness (QED) is 0.0440. The lowest BCUT2D eigenvalue weighted by atomic mass is 10.0. The molecule has 0 saturated heterocycles. The number of hydrogen-bond acceptors (Lipinski definition) is 0. The van der Waals surface area contributed by atoms with Crippen LogP contribution in [-0.2, 0) is 0 Å². The van der Waals surface area contributed by atoms with Gasteiger partial charge in [-0.1, -0.05) is 264 Å². The van der Waals surface area contributed by atoms with Gasteiger partial charge in [0, 0.05) is 27.3 Å². The minimum Gasteiger partial charge on any atom is -0.0654 e. The zero-order valence-corrected chi connectivity index (χ0v) is 35.7. The molecule has 0 saturated carbocycles. The van der Waals surface area contributed by atoms with Gasteiger partial charge in [-0.15, -0.1) is 0 Å². The van der Waals surface area contributed by atoms with Gasteiger partial charge in [0.15, 0.2) is 0 Å². The molecule has 0 rings (SSSR count). The summed E-state index contributed by atoms with van der Waals surface area (Å²) in [5.41, 5.74) is 0. The van der Waals surface area contributed by atoms with Gasteiger partial charge in [0.1, 0.15) is 0 Å². The van der Waals surface area contributed by atoms with Crippen LogP contribution in [-0.4, -0.2) is 26.2 Å². The van der Waals surface area contributed by atoms with Gasteiger partial charge in [0.05, 0.1) is 6.16 Å². The third-order valence-electron chi connectivity index (χ3n) is 11.2. The van der Waals surface area contributed by atoms with Gasteiger partial charge in [-0.25, -0.2) is 0 Å². The van der Waals surface area contributed by atoms with Gasteiger partial charge in [-0.2, -0.15) is 0 Å². The summed E-state index contributed by atoms with van der Waals surface area (Å²) in [6.45, 7) is 9.77. The Labute approximate surface area is 309 Å². The first-order valence-corrected chi connectivity index (χ1v) is 26.7. The van der Waals surface area contributed by atoms with E-state index in [0.29, 0.717) is 0 Å². The number of unbranched alkanes of at least 4 members (excludes halogenated alkanes) is 41. The minimum absolute atomic E-state index is 0.523. The Morgan fingerprint density at radius 2 is 0.312 bits per heavy atom. The molecule has 48 heavy (non-hydrogen) atoms. The van der Waals surface area contributed by atoms with Crippen molar-refractivity contribution in [3.05, 3.63) is 0 Å². The molecule has 0 aromatic rings. The molecule has 0 aliphatic heterocycles. The van der Waals surface area contributed by atoms with Crippen molar-refractivity contribution in [1.82, 2.24) is 0 Å². The Balaban J connectivity index is 3.05. The van der Waals surface area contributed by atoms with Crippen LogP contribution in [0.15, 0.2) is 0 Å². The van der Waals surface area contributed by atoms with E-state index in [1.54, 1.807) is 0 Å². The SMILES string of the molecule is CCCCCCCCCCCCCCCCCCCCCCCCCCCCCCCCCCCCCCCCCCCC[P+](C)(C)C. The Bertz CT molecular complexity index is 548. The maximum atomic E-state index is 2.49. The van der Waals surface area contributed by atoms with Crippen LogP contribution in [0.25, 0.3) is 0 Å². The molecule has 0 heterocycles. The summed E-state index contributed by atoms with van der Waals surface area (Å²) in [6.07, 6.45) is 64.1. The van der Waals surface area contributed by atoms with Crippen molar-refractivity contribution >= 4 is 7.26 Å². The first kappa shape index (κ1) is 48.4. The minimum atomic E-state index is -0.523. The van der Waals surface area contributed by atoms with Crippen LogP contribution in [0.1, 0.15) is 277 Å². The smallest absolute Gasteiger partial charge is 0.0586 e. The van der Waals surface area contributed by atoms with Crippen LogP contribution in [0.5, 0.6) is 0 Å². The lowest BCUT2D eigenvalue weighted by molar-refractivity contribution is 0.509. The highest BCUT2D eigenvalue weighted by molar-refractivity contribution is 7.73. The molecule has 0 aromatic carbocycles. The fraction of sp³-hybridized carbons (Fsp3) is 1.00. The summed E-state index contributed by atoms with van der Waals surface area (Å²) < 4.78 is 0. The average Bonchev–Trinajstić information content (AvgIpc) is 3.06. The van der Waals surface area contributed by atoms with E-state index in [1.807, 2.05) is 0 Å². The van der Waals surface area contributed by atoms with Gasteiger partial charge in [0.2, 0.25) is 0 Å². The molecule has 0 unspecified atom stereocenters. The van der Waals surface area contributed by atoms with Crippen molar-refractivity contribution in [1.29, 1.82) is 0 Å². The van der Waals surface area contributed by atoms with E-state index in [1.165, 1.54) is 276 Å². The third kappa shape index (κ3) is 46.4. The number of rotatable bonds is 43. The van der Waals surface area contributed by atoms with Crippen LogP contribution >= 0.6 is 7.26 Å². The molecule has 0 radical (unpaired) electrons. The Morgan fingerprint density at radius 3 is 0.438 bits per heavy atom. The zero-order chi connectivity index (χ0) is 34.9. The van der Waals surface area contributed by atoms with E-state index in [-0.39, 0.29) is 0 Å². The fourth-order valence-electron chi connectivity index (χ4n) is 7.73. The summed E-state index contributed by atoms with van der Waals surface area (Å²) >= 11 is 0. The van der Waals surface area contributed by atoms with Gasteiger partial charge in [0.25, 0.3) is 0 Å². The fourth-order valence-corrected chi connectivity index (χ4v) is 8.90. The van der Waals surface area contributed by atoms with Gasteiger partial charge >= 0.3 is 0 Å². The molecule has 0 atom stereocenters. The van der Waals surface area contributed by atoms with Crippen LogP contribution < -0.4 is 0 Å². The number of hydrogen-bond donors (Lipinski definition) is 0. The van der Waals surface area contributed by atoms with E-state index in [9.17, 15) is 0 Å². The van der Waals surface area contributed by atoms with Gasteiger partial charge in [-0.3, -0.25) is 0 Å². The molecule has 0 aliphatic carbocycles. The van der Waals surface area contributed by atoms with E-state index in [2.05, 4.69) is 26.9 Å². The molecular weight excluding hydrogens is 595 g/mol. The molecule has 0 nitrogen and oxygen atoms in total. The van der Waals surface area contributed by atoms with Crippen LogP contribution in [0, 0.1) is 0 Å². The summed E-state index contributed by atoms with van der Waals surface area (Å²) in [5.74, 6) is 0. The van der Waals surface area contributed by atoms with Gasteiger partial charge < -0.3 is 0 Å². The Hall–Kier alpha value is 0.430. The predicted molar refractivity (Wildman–Crippen MR) is 229 cm³/mol. The van der Waals surface area contributed by atoms with E-state index in [0.717, 1.165) is 0 Å². The first-order chi connectivity index (χ1) is 23.6. The third-order valence-corrected chi connectivity index (χ3v) is 12.8. The normalized spacial score (nSPS) is 12.0. The molecular formula is C47H98P+. The first-order valence-electron chi connectivity index (χ1n) is 23.4. The lowest BCUT2D eigenvalue weighted by Crippen LogP contribution is -1.93. The van der Waals surface area contributed by atoms with Crippen molar-refractivity contribution in [3.8, 4) is 0 Å². The lowest BCUT2D eigenvalue weighted by Gasteiger charge is -2.10. The average molecular weight is 694 g/mol. The summed E-state index contributed by atoms with van der Waals surface area (Å²) in [7, 11) is -0.523. The maximum Gasteiger partial charge on any atom is 0.0586 e. The van der Waals surface area contributed by atoms with Crippen molar-refractivity contribution in [2.24, 2.45) is 0 Å². The van der Waals surface area contributed by atoms with Crippen molar-refractivity contribution in [2.75, 3.05) is 26.2 Å². The largest absolute Gasteiger partial charge is 0.0654 e. The topological polar surface area (TPSA) is 0 Å². The second-order valence-electron chi connectivity index (χ2n) is 17.5. The zero-order valence-electron chi connectivity index (χ0n) is 34.9. The van der Waals surface area contributed by atoms with E-state index < -0.39 is 7.26 Å². The highest BCUT2D eigenvalue weighted by atomic mass is 31.2. The highest BCUT2D eigenvalue weighted by Crippen LogP contribution is 2.47. The molecule has 1 heteroatoms. The van der Waals surface area contributed by atoms with Crippen molar-refractivity contribution in [2.45, 2.75) is 277 Å². The van der Waals surface area contributed by atoms with E-state index in [4.69, 9.17) is 0 Å². The highest BCUT2D eigenvalue weighted by Gasteiger charge is 2.15. The summed E-state index contributed by atoms with van der Waals surface area (Å²) in [4.78, 5) is 0. The van der Waals surface area contributed by atoms with Crippen LogP contribution in [0.4, 0.5) is 0 Å². The van der Waals surface area contributed by atoms with Crippen LogP contribution in [0.3, 0.4) is 0 Å². The second kappa shape index (κ2) is 41.8. The Morgan fingerprint density at radius 1 is 0.188 bits per heavy atom. The summed E-state index contributed by atoms with van der Waals surface area (Å²) in [6, 6.07) is 0. The second-order valence-corrected chi connectivity index (χ2v) is 22.5. The summed E-state index contributed by atoms with van der Waals surface area (Å²) in [5, 5.41) is 0. The molecule has 0 aliphatic rings. The Kier molecular flexibility index (Phi) is 42.2. The molecule has 290 valence electrons. The standard InChI is InChI=1S/C47H98P/c1-5-6-7-8-9-10-11-12-13-14-15-16-17-18-19-20-21-22-23-24-25-26-27-28-29-30-31-32-33-34-35-36-37-38-39-40-41-42-43-44-45-46-47-48(2,3)4/h5-47H2,1-4H3/q+1. The van der Waals surface area contributed by atoms with E-state index >= 15 is 0 Å². The molecule has 0 spiro atoms. The molecule has 0 fully saturated rings. The van der Waals surface area contributed by atoms with Crippen molar-refractivity contribution < 1.29 is 0 Å². The maximum absolute atomic E-state index is 2.49. The molecule has 0 bridgehead atoms. The monoisotopic (exact) mass is 694 g/mol. The molecule has 0 aromatic heterocycles. The predicted octanol–water partition coefficient (Wildman–Crippen LogP) is 18.3.